The topological polar surface area (TPSA) is 33.5 Å². The molecule has 0 aliphatic carbocycles. The van der Waals surface area contributed by atoms with Crippen LogP contribution in [0.3, 0.4) is 0 Å². The van der Waals surface area contributed by atoms with Crippen LogP contribution in [0.5, 0.6) is 0 Å². The molecule has 2 N–H and O–H groups in total. The lowest BCUT2D eigenvalue weighted by atomic mass is 9.96. The summed E-state index contributed by atoms with van der Waals surface area (Å²) in [6, 6.07) is 18.4. The molecule has 2 aromatic carbocycles. The second-order valence-electron chi connectivity index (χ2n) is 5.33. The molecule has 0 bridgehead atoms. The summed E-state index contributed by atoms with van der Waals surface area (Å²) >= 11 is 6.00. The second kappa shape index (κ2) is 6.29. The molecule has 1 fully saturated rings. The highest BCUT2D eigenvalue weighted by atomic mass is 35.5. The molecular weight excluding hydrogens is 284 g/mol. The third kappa shape index (κ3) is 3.26. The molecule has 1 saturated heterocycles. The van der Waals surface area contributed by atoms with Gasteiger partial charge < -0.3 is 10.2 Å². The van der Waals surface area contributed by atoms with Crippen LogP contribution in [0.4, 0.5) is 0 Å². The molecule has 108 valence electrons. The van der Waals surface area contributed by atoms with E-state index in [9.17, 15) is 4.79 Å². The summed E-state index contributed by atoms with van der Waals surface area (Å²) in [5.74, 6) is 0.117. The summed E-state index contributed by atoms with van der Waals surface area (Å²) in [6.07, 6.45) is 0. The van der Waals surface area contributed by atoms with Gasteiger partial charge in [0.25, 0.3) is 5.91 Å². The van der Waals surface area contributed by atoms with Crippen LogP contribution in [-0.4, -0.2) is 25.5 Å². The zero-order valence-corrected chi connectivity index (χ0v) is 12.4. The minimum Gasteiger partial charge on any atom is -0.346 e. The first-order valence-corrected chi connectivity index (χ1v) is 7.53. The van der Waals surface area contributed by atoms with Gasteiger partial charge in [-0.2, -0.15) is 0 Å². The Kier molecular flexibility index (Phi) is 4.23. The lowest BCUT2D eigenvalue weighted by Gasteiger charge is -2.31. The molecule has 0 saturated carbocycles. The number of hydrogen-bond acceptors (Lipinski definition) is 1. The predicted molar refractivity (Wildman–Crippen MR) is 83.4 cm³/mol. The van der Waals surface area contributed by atoms with Gasteiger partial charge in [-0.05, 0) is 12.1 Å². The van der Waals surface area contributed by atoms with E-state index in [2.05, 4.69) is 29.6 Å². The summed E-state index contributed by atoms with van der Waals surface area (Å²) in [5.41, 5.74) is 2.42. The van der Waals surface area contributed by atoms with Gasteiger partial charge in [0.2, 0.25) is 0 Å². The fourth-order valence-corrected chi connectivity index (χ4v) is 3.06. The van der Waals surface area contributed by atoms with E-state index in [1.54, 1.807) is 0 Å². The summed E-state index contributed by atoms with van der Waals surface area (Å²) in [6.45, 7) is 2.15. The van der Waals surface area contributed by atoms with Crippen LogP contribution in [0, 0.1) is 0 Å². The van der Waals surface area contributed by atoms with Gasteiger partial charge in [0, 0.05) is 16.1 Å². The molecule has 3 rings (SSSR count). The van der Waals surface area contributed by atoms with Gasteiger partial charge in [0.15, 0.2) is 6.54 Å². The molecule has 1 unspecified atom stereocenters. The highest BCUT2D eigenvalue weighted by Crippen LogP contribution is 2.21. The van der Waals surface area contributed by atoms with Crippen molar-refractivity contribution in [3.05, 3.63) is 70.7 Å². The van der Waals surface area contributed by atoms with Gasteiger partial charge in [-0.3, -0.25) is 4.79 Å². The normalized spacial score (nSPS) is 19.9. The number of benzene rings is 2. The molecule has 1 amide bonds. The van der Waals surface area contributed by atoms with Crippen molar-refractivity contribution in [2.24, 2.45) is 0 Å². The maximum absolute atomic E-state index is 11.7. The van der Waals surface area contributed by atoms with Crippen molar-refractivity contribution in [3.63, 3.8) is 0 Å². The quantitative estimate of drug-likeness (QED) is 0.884. The first-order valence-electron chi connectivity index (χ1n) is 7.16. The number of quaternary nitrogens is 1. The van der Waals surface area contributed by atoms with Crippen LogP contribution in [0.2, 0.25) is 5.02 Å². The molecule has 1 aliphatic heterocycles. The van der Waals surface area contributed by atoms with Gasteiger partial charge in [-0.15, -0.1) is 0 Å². The average molecular weight is 302 g/mol. The first kappa shape index (κ1) is 14.1. The molecule has 3 nitrogen and oxygen atoms in total. The highest BCUT2D eigenvalue weighted by molar-refractivity contribution is 6.30. The monoisotopic (exact) mass is 301 g/mol. The van der Waals surface area contributed by atoms with Crippen LogP contribution in [0.25, 0.3) is 0 Å². The molecule has 4 heteroatoms. The van der Waals surface area contributed by atoms with E-state index in [4.69, 9.17) is 11.6 Å². The lowest BCUT2D eigenvalue weighted by molar-refractivity contribution is -0.919. The Balaban J connectivity index is 1.98. The zero-order chi connectivity index (χ0) is 14.7. The van der Waals surface area contributed by atoms with E-state index in [1.807, 2.05) is 30.3 Å². The molecule has 0 radical (unpaired) electrons. The van der Waals surface area contributed by atoms with Crippen LogP contribution in [0.1, 0.15) is 17.2 Å². The molecule has 1 aliphatic rings. The van der Waals surface area contributed by atoms with E-state index in [-0.39, 0.29) is 11.9 Å². The van der Waals surface area contributed by atoms with Crippen LogP contribution in [0.15, 0.2) is 54.6 Å². The van der Waals surface area contributed by atoms with Crippen molar-refractivity contribution in [1.82, 2.24) is 5.32 Å². The fourth-order valence-electron chi connectivity index (χ4n) is 2.93. The maximum Gasteiger partial charge on any atom is 0.275 e. The maximum atomic E-state index is 11.7. The van der Waals surface area contributed by atoms with Crippen molar-refractivity contribution in [1.29, 1.82) is 0 Å². The third-order valence-electron chi connectivity index (χ3n) is 3.90. The minimum atomic E-state index is 0.117. The molecule has 0 spiro atoms. The van der Waals surface area contributed by atoms with Crippen LogP contribution < -0.4 is 10.2 Å². The van der Waals surface area contributed by atoms with Crippen LogP contribution in [-0.2, 0) is 4.79 Å². The molecule has 2 aromatic rings. The number of carbonyl (C=O) groups excluding carboxylic acids is 1. The van der Waals surface area contributed by atoms with Gasteiger partial charge in [-0.1, -0.05) is 54.1 Å². The van der Waals surface area contributed by atoms with Gasteiger partial charge in [-0.25, -0.2) is 0 Å². The van der Waals surface area contributed by atoms with Crippen molar-refractivity contribution in [2.45, 2.75) is 6.04 Å². The molecular formula is C17H18ClN2O+. The fraction of sp³-hybridized carbons (Fsp3) is 0.235. The lowest BCUT2D eigenvalue weighted by Crippen LogP contribution is -3.15. The van der Waals surface area contributed by atoms with Crippen molar-refractivity contribution >= 4 is 17.5 Å². The first-order chi connectivity index (χ1) is 10.2. The Morgan fingerprint density at radius 2 is 1.67 bits per heavy atom. The Hall–Kier alpha value is -1.84. The van der Waals surface area contributed by atoms with Crippen LogP contribution >= 0.6 is 11.6 Å². The number of carbonyl (C=O) groups is 1. The molecule has 1 heterocycles. The van der Waals surface area contributed by atoms with E-state index < -0.39 is 0 Å². The SMILES string of the molecule is O=C1C[NH+]([C@@H](c2ccccc2)c2ccc(Cl)cc2)CCN1. The standard InChI is InChI=1S/C17H17ClN2O/c18-15-8-6-14(7-9-15)17(13-4-2-1-3-5-13)20-11-10-19-16(21)12-20/h1-9,17H,10-12H2,(H,19,21)/p+1/t17-/m0/s1. The summed E-state index contributed by atoms with van der Waals surface area (Å²) in [4.78, 5) is 13.0. The summed E-state index contributed by atoms with van der Waals surface area (Å²) in [5, 5.41) is 3.63. The number of halogens is 1. The van der Waals surface area contributed by atoms with Gasteiger partial charge in [0.1, 0.15) is 6.04 Å². The Morgan fingerprint density at radius 3 is 2.33 bits per heavy atom. The van der Waals surface area contributed by atoms with Crippen molar-refractivity contribution in [2.75, 3.05) is 19.6 Å². The van der Waals surface area contributed by atoms with Crippen molar-refractivity contribution in [3.8, 4) is 0 Å². The smallest absolute Gasteiger partial charge is 0.275 e. The van der Waals surface area contributed by atoms with E-state index >= 15 is 0 Å². The van der Waals surface area contributed by atoms with E-state index in [0.717, 1.165) is 18.1 Å². The number of hydrogen-bond donors (Lipinski definition) is 2. The Morgan fingerprint density at radius 1 is 1.00 bits per heavy atom. The second-order valence-corrected chi connectivity index (χ2v) is 5.77. The van der Waals surface area contributed by atoms with Crippen molar-refractivity contribution < 1.29 is 9.69 Å². The van der Waals surface area contributed by atoms with E-state index in [1.165, 1.54) is 16.0 Å². The third-order valence-corrected chi connectivity index (χ3v) is 4.15. The number of amides is 1. The number of rotatable bonds is 3. The van der Waals surface area contributed by atoms with Gasteiger partial charge in [0.05, 0.1) is 13.1 Å². The molecule has 0 aromatic heterocycles. The predicted octanol–water partition coefficient (Wildman–Crippen LogP) is 1.44. The van der Waals surface area contributed by atoms with Gasteiger partial charge >= 0.3 is 0 Å². The highest BCUT2D eigenvalue weighted by Gasteiger charge is 2.30. The molecule has 2 atom stereocenters. The Labute approximate surface area is 129 Å². The minimum absolute atomic E-state index is 0.117. The molecule has 21 heavy (non-hydrogen) atoms. The zero-order valence-electron chi connectivity index (χ0n) is 11.7. The number of piperazine rings is 1. The largest absolute Gasteiger partial charge is 0.346 e. The Bertz CT molecular complexity index is 612. The summed E-state index contributed by atoms with van der Waals surface area (Å²) in [7, 11) is 0. The average Bonchev–Trinajstić information content (AvgIpc) is 2.51. The van der Waals surface area contributed by atoms with E-state index in [0.29, 0.717) is 6.54 Å². The summed E-state index contributed by atoms with van der Waals surface area (Å²) < 4.78 is 0. The number of nitrogens with one attached hydrogen (secondary N) is 2.